The van der Waals surface area contributed by atoms with E-state index in [1.807, 2.05) is 0 Å². The normalized spacial score (nSPS) is 60.5. The van der Waals surface area contributed by atoms with Gasteiger partial charge in [-0.25, -0.2) is 0 Å². The van der Waals surface area contributed by atoms with Gasteiger partial charge in [-0.15, -0.1) is 0 Å². The van der Waals surface area contributed by atoms with Crippen LogP contribution in [0, 0.1) is 52.3 Å². The molecule has 9 fully saturated rings. The summed E-state index contributed by atoms with van der Waals surface area (Å²) >= 11 is 0. The quantitative estimate of drug-likeness (QED) is 0.186. The van der Waals surface area contributed by atoms with Gasteiger partial charge >= 0.3 is 0 Å². The number of aliphatic hydroxyl groups is 8. The third kappa shape index (κ3) is 7.09. The largest absolute Gasteiger partial charge is 0.393 e. The Hall–Kier alpha value is -0.640. The van der Waals surface area contributed by atoms with Crippen LogP contribution in [-0.2, 0) is 37.9 Å². The van der Waals surface area contributed by atoms with Gasteiger partial charge in [-0.2, -0.15) is 0 Å². The molecule has 9 rings (SSSR count). The van der Waals surface area contributed by atoms with Crippen molar-refractivity contribution in [2.45, 2.75) is 209 Å². The van der Waals surface area contributed by atoms with Crippen LogP contribution >= 0.6 is 0 Å². The van der Waals surface area contributed by atoms with Crippen LogP contribution in [0.15, 0.2) is 0 Å². The molecule has 4 aliphatic carbocycles. The minimum atomic E-state index is -1.71. The molecule has 5 heterocycles. The van der Waals surface area contributed by atoms with Crippen molar-refractivity contribution >= 4 is 0 Å². The van der Waals surface area contributed by atoms with Crippen molar-refractivity contribution < 1.29 is 78.7 Å². The highest BCUT2D eigenvalue weighted by Crippen LogP contribution is 2.71. The fraction of sp³-hybridized carbons (Fsp3) is 1.00. The topological polar surface area (TPSA) is 236 Å². The minimum absolute atomic E-state index is 0.101. The van der Waals surface area contributed by atoms with Crippen LogP contribution in [-0.4, -0.2) is 164 Å². The third-order valence-electron chi connectivity index (χ3n) is 17.9. The van der Waals surface area contributed by atoms with Crippen LogP contribution in [0.1, 0.15) is 99.3 Å². The molecule has 60 heavy (non-hydrogen) atoms. The van der Waals surface area contributed by atoms with E-state index in [4.69, 9.17) is 37.9 Å². The van der Waals surface area contributed by atoms with Crippen molar-refractivity contribution in [1.82, 2.24) is 0 Å². The molecule has 7 unspecified atom stereocenters. The lowest BCUT2D eigenvalue weighted by Crippen LogP contribution is -2.66. The van der Waals surface area contributed by atoms with Crippen molar-refractivity contribution in [3.05, 3.63) is 0 Å². The van der Waals surface area contributed by atoms with E-state index < -0.39 is 104 Å². The maximum Gasteiger partial charge on any atom is 0.187 e. The number of rotatable bonds is 6. The zero-order valence-electron chi connectivity index (χ0n) is 36.0. The SMILES string of the molecule is CC1C2C(CC3C4CC[C@H]5C[C@@H](O)C[C@@H](OC6OC[C@H](O)[C@H](O[C@@H]7O[C@@H](C)[C@H](O)[C@@H](O)[C@H]7O)[C@H]6O[C@@H]6O[C@@H](C)[C@H](O)[C@@H](O)[C@H]6O)[C@]5(C)C4CC[C@@]32C)O[C@]12CC[C@@H](C)CO2. The average molecular weight is 857 g/mol. The van der Waals surface area contributed by atoms with Crippen LogP contribution in [0.2, 0.25) is 0 Å². The Morgan fingerprint density at radius 2 is 1.25 bits per heavy atom. The molecular weight excluding hydrogens is 784 g/mol. The van der Waals surface area contributed by atoms with Gasteiger partial charge < -0.3 is 78.7 Å². The molecule has 27 atom stereocenters. The average Bonchev–Trinajstić information content (AvgIpc) is 3.66. The molecule has 0 amide bonds. The van der Waals surface area contributed by atoms with Gasteiger partial charge in [0, 0.05) is 18.8 Å². The van der Waals surface area contributed by atoms with Crippen molar-refractivity contribution in [1.29, 1.82) is 0 Å². The summed E-state index contributed by atoms with van der Waals surface area (Å²) in [7, 11) is 0. The van der Waals surface area contributed by atoms with Gasteiger partial charge in [0.15, 0.2) is 24.7 Å². The molecular formula is C44H72O16. The van der Waals surface area contributed by atoms with Gasteiger partial charge in [0.05, 0.1) is 43.7 Å². The Balaban J connectivity index is 0.991. The summed E-state index contributed by atoms with van der Waals surface area (Å²) in [6, 6.07) is 0. The predicted molar refractivity (Wildman–Crippen MR) is 208 cm³/mol. The predicted octanol–water partition coefficient (Wildman–Crippen LogP) is 0.932. The van der Waals surface area contributed by atoms with Crippen molar-refractivity contribution in [3.63, 3.8) is 0 Å². The highest BCUT2D eigenvalue weighted by atomic mass is 16.8. The number of fused-ring (bicyclic) bond motifs is 7. The number of hydrogen-bond donors (Lipinski definition) is 8. The second kappa shape index (κ2) is 16.4. The molecule has 1 spiro atoms. The van der Waals surface area contributed by atoms with Crippen LogP contribution in [0.4, 0.5) is 0 Å². The summed E-state index contributed by atoms with van der Waals surface area (Å²) < 4.78 is 51.1. The van der Waals surface area contributed by atoms with E-state index in [0.717, 1.165) is 51.6 Å². The highest BCUT2D eigenvalue weighted by Gasteiger charge is 2.70. The first-order chi connectivity index (χ1) is 28.4. The molecule has 8 N–H and O–H groups in total. The van der Waals surface area contributed by atoms with Crippen molar-refractivity contribution in [3.8, 4) is 0 Å². The fourth-order valence-corrected chi connectivity index (χ4v) is 14.4. The van der Waals surface area contributed by atoms with Gasteiger partial charge in [-0.05, 0) is 105 Å². The van der Waals surface area contributed by atoms with E-state index in [0.29, 0.717) is 42.4 Å². The number of aliphatic hydroxyl groups excluding tert-OH is 8. The Labute approximate surface area is 353 Å². The van der Waals surface area contributed by atoms with Crippen molar-refractivity contribution in [2.24, 2.45) is 52.3 Å². The first-order valence-electron chi connectivity index (χ1n) is 23.0. The van der Waals surface area contributed by atoms with Crippen LogP contribution in [0.25, 0.3) is 0 Å². The third-order valence-corrected chi connectivity index (χ3v) is 17.9. The van der Waals surface area contributed by atoms with Crippen LogP contribution in [0.5, 0.6) is 0 Å². The van der Waals surface area contributed by atoms with E-state index in [9.17, 15) is 40.9 Å². The minimum Gasteiger partial charge on any atom is -0.393 e. The Morgan fingerprint density at radius 3 is 1.88 bits per heavy atom. The van der Waals surface area contributed by atoms with Crippen LogP contribution < -0.4 is 0 Å². The Kier molecular flexibility index (Phi) is 12.1. The monoisotopic (exact) mass is 856 g/mol. The first-order valence-corrected chi connectivity index (χ1v) is 23.0. The smallest absolute Gasteiger partial charge is 0.187 e. The molecule has 16 heteroatoms. The lowest BCUT2D eigenvalue weighted by atomic mass is 9.43. The van der Waals surface area contributed by atoms with Gasteiger partial charge in [0.25, 0.3) is 0 Å². The zero-order valence-corrected chi connectivity index (χ0v) is 36.0. The summed E-state index contributed by atoms with van der Waals surface area (Å²) in [5.41, 5.74) is -0.282. The second-order valence-electron chi connectivity index (χ2n) is 21.1. The summed E-state index contributed by atoms with van der Waals surface area (Å²) in [4.78, 5) is 0. The summed E-state index contributed by atoms with van der Waals surface area (Å²) in [6.07, 6.45) is -12.6. The van der Waals surface area contributed by atoms with E-state index in [2.05, 4.69) is 27.7 Å². The van der Waals surface area contributed by atoms with Gasteiger partial charge in [0.2, 0.25) is 0 Å². The molecule has 0 aromatic heterocycles. The molecule has 5 saturated heterocycles. The van der Waals surface area contributed by atoms with E-state index >= 15 is 0 Å². The number of ether oxygens (including phenoxy) is 8. The lowest BCUT2D eigenvalue weighted by Gasteiger charge is -2.63. The molecule has 16 nitrogen and oxygen atoms in total. The van der Waals surface area contributed by atoms with E-state index in [-0.39, 0.29) is 35.4 Å². The maximum atomic E-state index is 11.4. The standard InChI is InChI=1S/C44H72O16/c1-18-9-12-44(54-16-18)19(2)30-28(60-44)15-26-24-8-7-22-13-23(45)14-29(43(22,6)25(24)10-11-42(26,30)5)57-41-38(59-40-36(52)34(50)32(48)21(4)56-40)37(27(46)17-53-41)58-39-35(51)33(49)31(47)20(3)55-39/h18-41,45-52H,7-17H2,1-6H3/t18-,19?,20+,21+,22+,23-,24?,25?,26?,27+,28?,29-,30?,31+,32+,33-,34-,35-,36-,37+,38-,39+,40+,41?,42+,43+,44-/m1/s1. The highest BCUT2D eigenvalue weighted by molar-refractivity contribution is 5.16. The molecule has 0 aromatic carbocycles. The maximum absolute atomic E-state index is 11.4. The second-order valence-corrected chi connectivity index (χ2v) is 21.1. The van der Waals surface area contributed by atoms with E-state index in [1.165, 1.54) is 13.8 Å². The molecule has 0 aromatic rings. The first kappa shape index (κ1) is 44.6. The zero-order chi connectivity index (χ0) is 42.8. The van der Waals surface area contributed by atoms with Gasteiger partial charge in [-0.1, -0.05) is 27.7 Å². The summed E-state index contributed by atoms with van der Waals surface area (Å²) in [5.74, 6) is 2.09. The van der Waals surface area contributed by atoms with Gasteiger partial charge in [0.1, 0.15) is 54.9 Å². The number of hydrogen-bond acceptors (Lipinski definition) is 16. The van der Waals surface area contributed by atoms with Crippen molar-refractivity contribution in [2.75, 3.05) is 13.2 Å². The Morgan fingerprint density at radius 1 is 0.600 bits per heavy atom. The molecule has 0 radical (unpaired) electrons. The lowest BCUT2D eigenvalue weighted by molar-refractivity contribution is -0.388. The van der Waals surface area contributed by atoms with E-state index in [1.54, 1.807) is 0 Å². The Bertz CT molecular complexity index is 1520. The fourth-order valence-electron chi connectivity index (χ4n) is 14.4. The molecule has 9 aliphatic rings. The van der Waals surface area contributed by atoms with Gasteiger partial charge in [-0.3, -0.25) is 0 Å². The summed E-state index contributed by atoms with van der Waals surface area (Å²) in [5, 5.41) is 87.0. The molecule has 344 valence electrons. The molecule has 4 saturated carbocycles. The van der Waals surface area contributed by atoms with Crippen LogP contribution in [0.3, 0.4) is 0 Å². The molecule has 5 aliphatic heterocycles. The summed E-state index contributed by atoms with van der Waals surface area (Å²) in [6.45, 7) is 12.9. The molecule has 0 bridgehead atoms.